The van der Waals surface area contributed by atoms with Gasteiger partial charge >= 0.3 is 0 Å². The lowest BCUT2D eigenvalue weighted by Crippen LogP contribution is -2.49. The molecule has 2 rings (SSSR count). The maximum atomic E-state index is 12.5. The largest absolute Gasteiger partial charge is 0.481 e. The van der Waals surface area contributed by atoms with E-state index in [4.69, 9.17) is 4.74 Å². The molecule has 3 heteroatoms. The predicted octanol–water partition coefficient (Wildman–Crippen LogP) is 4.21. The van der Waals surface area contributed by atoms with Crippen molar-refractivity contribution in [1.29, 1.82) is 0 Å². The Morgan fingerprint density at radius 2 is 1.79 bits per heavy atom. The van der Waals surface area contributed by atoms with Gasteiger partial charge in [0.25, 0.3) is 5.91 Å². The fourth-order valence-electron chi connectivity index (χ4n) is 2.76. The standard InChI is InChI=1S/C21H27NO2/c1-15-11-12-19(16(2)13-15)24-17(3)20(23)22-21(4,5)14-18-9-7-6-8-10-18/h6-13,17H,14H2,1-5H3,(H,22,23)/t17-/m0/s1. The van der Waals surface area contributed by atoms with Crippen molar-refractivity contribution in [3.05, 3.63) is 65.2 Å². The van der Waals surface area contributed by atoms with E-state index in [0.717, 1.165) is 17.7 Å². The van der Waals surface area contributed by atoms with Gasteiger partial charge in [-0.25, -0.2) is 0 Å². The molecule has 0 radical (unpaired) electrons. The average molecular weight is 325 g/mol. The van der Waals surface area contributed by atoms with Gasteiger partial charge in [-0.05, 0) is 58.2 Å². The molecule has 0 aliphatic heterocycles. The molecular weight excluding hydrogens is 298 g/mol. The first-order valence-electron chi connectivity index (χ1n) is 8.37. The molecule has 0 aromatic heterocycles. The van der Waals surface area contributed by atoms with E-state index in [0.29, 0.717) is 0 Å². The van der Waals surface area contributed by atoms with E-state index in [-0.39, 0.29) is 11.4 Å². The Morgan fingerprint density at radius 3 is 2.42 bits per heavy atom. The van der Waals surface area contributed by atoms with Gasteiger partial charge < -0.3 is 10.1 Å². The quantitative estimate of drug-likeness (QED) is 0.864. The first-order chi connectivity index (χ1) is 11.3. The Bertz CT molecular complexity index is 692. The molecule has 3 nitrogen and oxygen atoms in total. The number of benzene rings is 2. The van der Waals surface area contributed by atoms with Gasteiger partial charge in [0.1, 0.15) is 5.75 Å². The lowest BCUT2D eigenvalue weighted by atomic mass is 9.94. The minimum Gasteiger partial charge on any atom is -0.481 e. The van der Waals surface area contributed by atoms with Crippen LogP contribution in [-0.4, -0.2) is 17.6 Å². The summed E-state index contributed by atoms with van der Waals surface area (Å²) in [6.45, 7) is 9.88. The molecule has 0 bridgehead atoms. The summed E-state index contributed by atoms with van der Waals surface area (Å²) in [6.07, 6.45) is 0.233. The average Bonchev–Trinajstić information content (AvgIpc) is 2.50. The lowest BCUT2D eigenvalue weighted by Gasteiger charge is -2.28. The number of hydrogen-bond donors (Lipinski definition) is 1. The Kier molecular flexibility index (Phi) is 5.66. The van der Waals surface area contributed by atoms with Crippen LogP contribution >= 0.6 is 0 Å². The molecule has 2 aromatic carbocycles. The highest BCUT2D eigenvalue weighted by Gasteiger charge is 2.25. The second kappa shape index (κ2) is 7.52. The first-order valence-corrected chi connectivity index (χ1v) is 8.37. The van der Waals surface area contributed by atoms with E-state index in [1.54, 1.807) is 6.92 Å². The van der Waals surface area contributed by atoms with Crippen LogP contribution in [0.5, 0.6) is 5.75 Å². The summed E-state index contributed by atoms with van der Waals surface area (Å²) in [5.41, 5.74) is 3.09. The number of aryl methyl sites for hydroxylation is 2. The smallest absolute Gasteiger partial charge is 0.261 e. The summed E-state index contributed by atoms with van der Waals surface area (Å²) in [5.74, 6) is 0.653. The maximum Gasteiger partial charge on any atom is 0.261 e. The number of ether oxygens (including phenoxy) is 1. The maximum absolute atomic E-state index is 12.5. The molecular formula is C21H27NO2. The number of amides is 1. The normalized spacial score (nSPS) is 12.5. The Morgan fingerprint density at radius 1 is 1.12 bits per heavy atom. The zero-order chi connectivity index (χ0) is 17.7. The van der Waals surface area contributed by atoms with Crippen LogP contribution in [0.15, 0.2) is 48.5 Å². The number of nitrogens with one attached hydrogen (secondary N) is 1. The van der Waals surface area contributed by atoms with E-state index in [1.165, 1.54) is 11.1 Å². The van der Waals surface area contributed by atoms with Gasteiger partial charge in [-0.2, -0.15) is 0 Å². The second-order valence-corrected chi connectivity index (χ2v) is 7.06. The SMILES string of the molecule is Cc1ccc(O[C@@H](C)C(=O)NC(C)(C)Cc2ccccc2)c(C)c1. The minimum atomic E-state index is -0.540. The van der Waals surface area contributed by atoms with Gasteiger partial charge in [0, 0.05) is 5.54 Å². The summed E-state index contributed by atoms with van der Waals surface area (Å²) < 4.78 is 5.85. The summed E-state index contributed by atoms with van der Waals surface area (Å²) in [5, 5.41) is 3.09. The summed E-state index contributed by atoms with van der Waals surface area (Å²) in [4.78, 5) is 12.5. The predicted molar refractivity (Wildman–Crippen MR) is 98.4 cm³/mol. The Balaban J connectivity index is 1.97. The number of hydrogen-bond acceptors (Lipinski definition) is 2. The fraction of sp³-hybridized carbons (Fsp3) is 0.381. The van der Waals surface area contributed by atoms with Gasteiger partial charge in [-0.1, -0.05) is 48.0 Å². The van der Waals surface area contributed by atoms with Crippen LogP contribution in [-0.2, 0) is 11.2 Å². The fourth-order valence-corrected chi connectivity index (χ4v) is 2.76. The number of rotatable bonds is 6. The van der Waals surface area contributed by atoms with Gasteiger partial charge in [0.15, 0.2) is 6.10 Å². The molecule has 0 fully saturated rings. The molecule has 1 N–H and O–H groups in total. The Hall–Kier alpha value is -2.29. The van der Waals surface area contributed by atoms with Crippen molar-refractivity contribution in [3.8, 4) is 5.75 Å². The molecule has 0 aliphatic carbocycles. The molecule has 0 saturated heterocycles. The van der Waals surface area contributed by atoms with Crippen molar-refractivity contribution in [2.45, 2.75) is 52.7 Å². The van der Waals surface area contributed by atoms with Crippen molar-refractivity contribution in [2.24, 2.45) is 0 Å². The zero-order valence-electron chi connectivity index (χ0n) is 15.2. The van der Waals surface area contributed by atoms with Crippen molar-refractivity contribution >= 4 is 5.91 Å². The highest BCUT2D eigenvalue weighted by Crippen LogP contribution is 2.20. The minimum absolute atomic E-state index is 0.101. The summed E-state index contributed by atoms with van der Waals surface area (Å²) in [7, 11) is 0. The number of carbonyl (C=O) groups is 1. The third-order valence-electron chi connectivity index (χ3n) is 3.95. The molecule has 0 heterocycles. The van der Waals surface area contributed by atoms with E-state index in [1.807, 2.05) is 58.0 Å². The van der Waals surface area contributed by atoms with Gasteiger partial charge in [0.05, 0.1) is 0 Å². The first kappa shape index (κ1) is 18.1. The van der Waals surface area contributed by atoms with Crippen molar-refractivity contribution < 1.29 is 9.53 Å². The van der Waals surface area contributed by atoms with Crippen LogP contribution in [0.25, 0.3) is 0 Å². The van der Waals surface area contributed by atoms with Crippen LogP contribution < -0.4 is 10.1 Å². The summed E-state index contributed by atoms with van der Waals surface area (Å²) in [6, 6.07) is 16.1. The van der Waals surface area contributed by atoms with Crippen LogP contribution in [0.3, 0.4) is 0 Å². The van der Waals surface area contributed by atoms with Gasteiger partial charge in [-0.15, -0.1) is 0 Å². The third-order valence-corrected chi connectivity index (χ3v) is 3.95. The highest BCUT2D eigenvalue weighted by molar-refractivity contribution is 5.81. The van der Waals surface area contributed by atoms with Gasteiger partial charge in [0.2, 0.25) is 0 Å². The highest BCUT2D eigenvalue weighted by atomic mass is 16.5. The molecule has 0 unspecified atom stereocenters. The molecule has 24 heavy (non-hydrogen) atoms. The topological polar surface area (TPSA) is 38.3 Å². The van der Waals surface area contributed by atoms with Gasteiger partial charge in [-0.3, -0.25) is 4.79 Å². The van der Waals surface area contributed by atoms with E-state index < -0.39 is 6.10 Å². The second-order valence-electron chi connectivity index (χ2n) is 7.06. The lowest BCUT2D eigenvalue weighted by molar-refractivity contribution is -0.128. The van der Waals surface area contributed by atoms with Crippen molar-refractivity contribution in [1.82, 2.24) is 5.32 Å². The van der Waals surface area contributed by atoms with Crippen LogP contribution in [0.2, 0.25) is 0 Å². The molecule has 0 aliphatic rings. The van der Waals surface area contributed by atoms with Crippen molar-refractivity contribution in [3.63, 3.8) is 0 Å². The van der Waals surface area contributed by atoms with Crippen molar-refractivity contribution in [2.75, 3.05) is 0 Å². The van der Waals surface area contributed by atoms with E-state index >= 15 is 0 Å². The third kappa shape index (κ3) is 5.12. The van der Waals surface area contributed by atoms with Crippen LogP contribution in [0.4, 0.5) is 0 Å². The van der Waals surface area contributed by atoms with Crippen LogP contribution in [0, 0.1) is 13.8 Å². The molecule has 1 amide bonds. The summed E-state index contributed by atoms with van der Waals surface area (Å²) >= 11 is 0. The molecule has 0 saturated carbocycles. The zero-order valence-corrected chi connectivity index (χ0v) is 15.2. The molecule has 2 aromatic rings. The molecule has 0 spiro atoms. The van der Waals surface area contributed by atoms with Crippen LogP contribution in [0.1, 0.15) is 37.5 Å². The van der Waals surface area contributed by atoms with E-state index in [2.05, 4.69) is 23.5 Å². The molecule has 1 atom stereocenters. The number of carbonyl (C=O) groups excluding carboxylic acids is 1. The Labute approximate surface area is 145 Å². The monoisotopic (exact) mass is 325 g/mol. The molecule has 128 valence electrons. The van der Waals surface area contributed by atoms with E-state index in [9.17, 15) is 4.79 Å².